The smallest absolute Gasteiger partial charge is 0.233 e. The summed E-state index contributed by atoms with van der Waals surface area (Å²) in [4.78, 5) is 23.0. The molecule has 0 radical (unpaired) electrons. The molecule has 5 nitrogen and oxygen atoms in total. The molecule has 0 atom stereocenters. The monoisotopic (exact) mass is 248 g/mol. The van der Waals surface area contributed by atoms with Gasteiger partial charge in [-0.1, -0.05) is 0 Å². The van der Waals surface area contributed by atoms with E-state index in [4.69, 9.17) is 4.74 Å². The minimum absolute atomic E-state index is 0.136. The number of hydrogen-bond acceptors (Lipinski definition) is 3. The highest BCUT2D eigenvalue weighted by molar-refractivity contribution is 6.03. The Bertz CT molecular complexity index is 438. The highest BCUT2D eigenvalue weighted by Crippen LogP contribution is 2.19. The van der Waals surface area contributed by atoms with Crippen LogP contribution in [0.2, 0.25) is 0 Å². The molecule has 5 heteroatoms. The average molecular weight is 248 g/mol. The Morgan fingerprint density at radius 3 is 2.44 bits per heavy atom. The Kier molecular flexibility index (Phi) is 3.82. The van der Waals surface area contributed by atoms with Crippen molar-refractivity contribution in [2.45, 2.75) is 25.3 Å². The molecule has 1 saturated carbocycles. The molecule has 1 aromatic rings. The third-order valence-corrected chi connectivity index (χ3v) is 2.64. The van der Waals surface area contributed by atoms with Crippen molar-refractivity contribution in [3.05, 3.63) is 24.3 Å². The molecule has 1 aliphatic carbocycles. The molecule has 18 heavy (non-hydrogen) atoms. The number of hydrogen-bond donors (Lipinski definition) is 2. The zero-order chi connectivity index (χ0) is 13.0. The molecule has 0 aromatic heterocycles. The summed E-state index contributed by atoms with van der Waals surface area (Å²) < 4.78 is 5.01. The molecular weight excluding hydrogens is 232 g/mol. The first kappa shape index (κ1) is 12.4. The summed E-state index contributed by atoms with van der Waals surface area (Å²) in [5.74, 6) is 0.196. The van der Waals surface area contributed by atoms with E-state index in [9.17, 15) is 9.59 Å². The maximum atomic E-state index is 11.6. The normalized spacial score (nSPS) is 13.8. The number of carbonyl (C=O) groups is 2. The Morgan fingerprint density at radius 1 is 1.22 bits per heavy atom. The number of ether oxygens (including phenoxy) is 1. The van der Waals surface area contributed by atoms with E-state index in [1.807, 2.05) is 0 Å². The maximum absolute atomic E-state index is 11.6. The highest BCUT2D eigenvalue weighted by atomic mass is 16.5. The van der Waals surface area contributed by atoms with Crippen LogP contribution >= 0.6 is 0 Å². The van der Waals surface area contributed by atoms with Crippen molar-refractivity contribution < 1.29 is 14.3 Å². The van der Waals surface area contributed by atoms with E-state index in [1.54, 1.807) is 31.4 Å². The van der Waals surface area contributed by atoms with Gasteiger partial charge in [0, 0.05) is 11.7 Å². The Hall–Kier alpha value is -2.04. The van der Waals surface area contributed by atoms with Crippen molar-refractivity contribution in [2.75, 3.05) is 12.4 Å². The quantitative estimate of drug-likeness (QED) is 0.772. The van der Waals surface area contributed by atoms with Gasteiger partial charge < -0.3 is 15.4 Å². The van der Waals surface area contributed by atoms with Gasteiger partial charge in [0.1, 0.15) is 12.2 Å². The molecule has 2 amide bonds. The molecule has 2 rings (SSSR count). The van der Waals surface area contributed by atoms with Crippen LogP contribution in [0.15, 0.2) is 24.3 Å². The zero-order valence-electron chi connectivity index (χ0n) is 10.2. The lowest BCUT2D eigenvalue weighted by molar-refractivity contribution is -0.126. The van der Waals surface area contributed by atoms with Crippen LogP contribution in [-0.4, -0.2) is 25.0 Å². The van der Waals surface area contributed by atoms with E-state index < -0.39 is 0 Å². The van der Waals surface area contributed by atoms with Crippen LogP contribution in [0.1, 0.15) is 19.3 Å². The number of benzene rings is 1. The molecule has 0 bridgehead atoms. The average Bonchev–Trinajstić information content (AvgIpc) is 3.13. The number of rotatable bonds is 5. The summed E-state index contributed by atoms with van der Waals surface area (Å²) in [5.41, 5.74) is 0.653. The summed E-state index contributed by atoms with van der Waals surface area (Å²) in [7, 11) is 1.58. The topological polar surface area (TPSA) is 67.4 Å². The molecule has 1 fully saturated rings. The molecular formula is C13H16N2O3. The van der Waals surface area contributed by atoms with Crippen LogP contribution in [0.25, 0.3) is 0 Å². The van der Waals surface area contributed by atoms with Crippen LogP contribution in [0, 0.1) is 0 Å². The number of anilines is 1. The molecule has 1 aliphatic rings. The molecule has 0 spiro atoms. The summed E-state index contributed by atoms with van der Waals surface area (Å²) in [6, 6.07) is 7.25. The van der Waals surface area contributed by atoms with E-state index in [1.165, 1.54) is 0 Å². The third kappa shape index (κ3) is 3.76. The van der Waals surface area contributed by atoms with Gasteiger partial charge in [-0.15, -0.1) is 0 Å². The first-order chi connectivity index (χ1) is 8.67. The SMILES string of the molecule is COc1ccc(NC(=O)CC(=O)NC2CC2)cc1. The number of methoxy groups -OCH3 is 1. The van der Waals surface area contributed by atoms with Crippen molar-refractivity contribution in [1.82, 2.24) is 5.32 Å². The van der Waals surface area contributed by atoms with E-state index in [-0.39, 0.29) is 24.3 Å². The fourth-order valence-electron chi connectivity index (χ4n) is 1.53. The minimum Gasteiger partial charge on any atom is -0.497 e. The zero-order valence-corrected chi connectivity index (χ0v) is 10.2. The van der Waals surface area contributed by atoms with Crippen molar-refractivity contribution in [3.8, 4) is 5.75 Å². The molecule has 0 aliphatic heterocycles. The minimum atomic E-state index is -0.307. The molecule has 1 aromatic carbocycles. The van der Waals surface area contributed by atoms with Gasteiger partial charge in [0.05, 0.1) is 7.11 Å². The van der Waals surface area contributed by atoms with Crippen LogP contribution in [0.4, 0.5) is 5.69 Å². The van der Waals surface area contributed by atoms with Gasteiger partial charge in [0.15, 0.2) is 0 Å². The molecule has 2 N–H and O–H groups in total. The number of nitrogens with one attached hydrogen (secondary N) is 2. The predicted octanol–water partition coefficient (Wildman–Crippen LogP) is 1.30. The van der Waals surface area contributed by atoms with Gasteiger partial charge >= 0.3 is 0 Å². The third-order valence-electron chi connectivity index (χ3n) is 2.64. The Morgan fingerprint density at radius 2 is 1.89 bits per heavy atom. The predicted molar refractivity (Wildman–Crippen MR) is 67.4 cm³/mol. The van der Waals surface area contributed by atoms with Crippen molar-refractivity contribution in [2.24, 2.45) is 0 Å². The lowest BCUT2D eigenvalue weighted by Gasteiger charge is -2.06. The summed E-state index contributed by atoms with van der Waals surface area (Å²) in [6.07, 6.45) is 1.90. The fourth-order valence-corrected chi connectivity index (χ4v) is 1.53. The van der Waals surface area contributed by atoms with Gasteiger partial charge in [0.2, 0.25) is 11.8 Å². The molecule has 0 heterocycles. The highest BCUT2D eigenvalue weighted by Gasteiger charge is 2.24. The van der Waals surface area contributed by atoms with E-state index in [0.717, 1.165) is 18.6 Å². The lowest BCUT2D eigenvalue weighted by Crippen LogP contribution is -2.29. The first-order valence-electron chi connectivity index (χ1n) is 5.90. The van der Waals surface area contributed by atoms with Gasteiger partial charge in [-0.05, 0) is 37.1 Å². The number of carbonyl (C=O) groups excluding carboxylic acids is 2. The van der Waals surface area contributed by atoms with Crippen LogP contribution in [0.3, 0.4) is 0 Å². The first-order valence-corrected chi connectivity index (χ1v) is 5.90. The number of amides is 2. The van der Waals surface area contributed by atoms with Gasteiger partial charge in [-0.25, -0.2) is 0 Å². The lowest BCUT2D eigenvalue weighted by atomic mass is 10.3. The second kappa shape index (κ2) is 5.53. The maximum Gasteiger partial charge on any atom is 0.233 e. The fraction of sp³-hybridized carbons (Fsp3) is 0.385. The summed E-state index contributed by atoms with van der Waals surface area (Å²) in [6.45, 7) is 0. The van der Waals surface area contributed by atoms with Gasteiger partial charge in [-0.3, -0.25) is 9.59 Å². The van der Waals surface area contributed by atoms with Crippen molar-refractivity contribution in [3.63, 3.8) is 0 Å². The molecule has 0 unspecified atom stereocenters. The van der Waals surface area contributed by atoms with Crippen LogP contribution in [-0.2, 0) is 9.59 Å². The largest absolute Gasteiger partial charge is 0.497 e. The van der Waals surface area contributed by atoms with Crippen LogP contribution in [0.5, 0.6) is 5.75 Å². The summed E-state index contributed by atoms with van der Waals surface area (Å²) in [5, 5.41) is 5.43. The molecule has 0 saturated heterocycles. The Balaban J connectivity index is 1.79. The van der Waals surface area contributed by atoms with Crippen LogP contribution < -0.4 is 15.4 Å². The van der Waals surface area contributed by atoms with Crippen molar-refractivity contribution in [1.29, 1.82) is 0 Å². The van der Waals surface area contributed by atoms with E-state index >= 15 is 0 Å². The standard InChI is InChI=1S/C13H16N2O3/c1-18-11-6-4-10(5-7-11)15-13(17)8-12(16)14-9-2-3-9/h4-7,9H,2-3,8H2,1H3,(H,14,16)(H,15,17). The van der Waals surface area contributed by atoms with Crippen molar-refractivity contribution >= 4 is 17.5 Å². The van der Waals surface area contributed by atoms with Gasteiger partial charge in [-0.2, -0.15) is 0 Å². The molecule has 96 valence electrons. The van der Waals surface area contributed by atoms with E-state index in [0.29, 0.717) is 5.69 Å². The summed E-state index contributed by atoms with van der Waals surface area (Å²) >= 11 is 0. The van der Waals surface area contributed by atoms with Gasteiger partial charge in [0.25, 0.3) is 0 Å². The Labute approximate surface area is 106 Å². The second-order valence-electron chi connectivity index (χ2n) is 4.30. The second-order valence-corrected chi connectivity index (χ2v) is 4.30. The van der Waals surface area contributed by atoms with E-state index in [2.05, 4.69) is 10.6 Å².